The highest BCUT2D eigenvalue weighted by molar-refractivity contribution is 6.02. The van der Waals surface area contributed by atoms with Gasteiger partial charge in [-0.3, -0.25) is 0 Å². The van der Waals surface area contributed by atoms with Crippen molar-refractivity contribution < 1.29 is 38.1 Å². The van der Waals surface area contributed by atoms with E-state index in [0.717, 1.165) is 19.3 Å². The molecule has 0 amide bonds. The van der Waals surface area contributed by atoms with E-state index in [1.807, 2.05) is 0 Å². The van der Waals surface area contributed by atoms with Crippen LogP contribution in [-0.2, 0) is 33.4 Å². The molecule has 0 aliphatic rings. The van der Waals surface area contributed by atoms with Crippen LogP contribution in [0.4, 0.5) is 0 Å². The zero-order chi connectivity index (χ0) is 17.9. The van der Waals surface area contributed by atoms with Crippen molar-refractivity contribution >= 4 is 23.9 Å². The van der Waals surface area contributed by atoms with Crippen LogP contribution in [0.3, 0.4) is 0 Å². The summed E-state index contributed by atoms with van der Waals surface area (Å²) in [5, 5.41) is 0. The number of benzene rings is 1. The molecule has 0 aliphatic heterocycles. The quantitative estimate of drug-likeness (QED) is 0.237. The topological polar surface area (TPSA) is 105 Å². The minimum Gasteiger partial charge on any atom is -0.466 e. The second kappa shape index (κ2) is 9.78. The molecule has 1 unspecified atom stereocenters. The average Bonchev–Trinajstić information content (AvgIpc) is 2.58. The molecule has 1 aromatic rings. The maximum Gasteiger partial charge on any atom is 0.364 e. The van der Waals surface area contributed by atoms with Crippen LogP contribution >= 0.6 is 0 Å². The molecule has 128 valence electrons. The van der Waals surface area contributed by atoms with Crippen LogP contribution in [-0.4, -0.2) is 43.7 Å². The summed E-state index contributed by atoms with van der Waals surface area (Å²) in [7, 11) is 1.02. The van der Waals surface area contributed by atoms with Crippen molar-refractivity contribution in [1.82, 2.24) is 0 Å². The number of methoxy groups -OCH3 is 1. The van der Waals surface area contributed by atoms with Crippen LogP contribution in [0.5, 0.6) is 5.75 Å². The molecule has 0 heterocycles. The Kier molecular flexibility index (Phi) is 7.69. The Morgan fingerprint density at radius 1 is 1.00 bits per heavy atom. The Morgan fingerprint density at radius 3 is 2.21 bits per heavy atom. The Labute approximate surface area is 137 Å². The van der Waals surface area contributed by atoms with Gasteiger partial charge in [0.1, 0.15) is 5.75 Å². The first-order valence-electron chi connectivity index (χ1n) is 6.88. The number of rotatable bonds is 7. The van der Waals surface area contributed by atoms with E-state index in [0.29, 0.717) is 0 Å². The van der Waals surface area contributed by atoms with Crippen molar-refractivity contribution in [2.45, 2.75) is 13.0 Å². The van der Waals surface area contributed by atoms with Gasteiger partial charge in [0.2, 0.25) is 0 Å². The van der Waals surface area contributed by atoms with E-state index < -0.39 is 30.0 Å². The van der Waals surface area contributed by atoms with Gasteiger partial charge in [-0.05, 0) is 19.1 Å². The SMILES string of the molecule is CCOC(=O)/C=C/C(=O)OC(C(=O)OC)C(=O)Oc1ccccc1. The lowest BCUT2D eigenvalue weighted by molar-refractivity contribution is -0.172. The summed E-state index contributed by atoms with van der Waals surface area (Å²) in [6, 6.07) is 7.90. The van der Waals surface area contributed by atoms with Gasteiger partial charge in [0.25, 0.3) is 6.10 Å². The van der Waals surface area contributed by atoms with Crippen molar-refractivity contribution in [3.05, 3.63) is 42.5 Å². The maximum absolute atomic E-state index is 12.0. The molecule has 0 N–H and O–H groups in total. The van der Waals surface area contributed by atoms with Gasteiger partial charge in [-0.2, -0.15) is 0 Å². The molecule has 1 atom stereocenters. The van der Waals surface area contributed by atoms with E-state index in [4.69, 9.17) is 4.74 Å². The summed E-state index contributed by atoms with van der Waals surface area (Å²) in [4.78, 5) is 46.3. The molecule has 0 spiro atoms. The number of hydrogen-bond acceptors (Lipinski definition) is 8. The number of para-hydroxylation sites is 1. The van der Waals surface area contributed by atoms with Crippen LogP contribution in [0.25, 0.3) is 0 Å². The first kappa shape index (κ1) is 18.9. The molecule has 0 fully saturated rings. The average molecular weight is 336 g/mol. The van der Waals surface area contributed by atoms with Gasteiger partial charge in [-0.1, -0.05) is 18.2 Å². The van der Waals surface area contributed by atoms with Crippen LogP contribution in [0.1, 0.15) is 6.92 Å². The maximum atomic E-state index is 12.0. The molecule has 1 aromatic carbocycles. The Balaban J connectivity index is 2.75. The molecule has 0 radical (unpaired) electrons. The van der Waals surface area contributed by atoms with E-state index in [9.17, 15) is 19.2 Å². The van der Waals surface area contributed by atoms with Gasteiger partial charge in [-0.15, -0.1) is 0 Å². The number of ether oxygens (including phenoxy) is 4. The minimum atomic E-state index is -1.92. The normalized spacial score (nSPS) is 11.4. The fourth-order valence-corrected chi connectivity index (χ4v) is 1.44. The minimum absolute atomic E-state index is 0.131. The monoisotopic (exact) mass is 336 g/mol. The van der Waals surface area contributed by atoms with Crippen LogP contribution in [0.2, 0.25) is 0 Å². The van der Waals surface area contributed by atoms with E-state index in [1.165, 1.54) is 12.1 Å². The highest BCUT2D eigenvalue weighted by Crippen LogP contribution is 2.11. The Bertz CT molecular complexity index is 620. The molecular weight excluding hydrogens is 320 g/mol. The first-order chi connectivity index (χ1) is 11.5. The van der Waals surface area contributed by atoms with Crippen molar-refractivity contribution in [1.29, 1.82) is 0 Å². The van der Waals surface area contributed by atoms with Gasteiger partial charge < -0.3 is 18.9 Å². The summed E-state index contributed by atoms with van der Waals surface area (Å²) in [6.45, 7) is 1.73. The van der Waals surface area contributed by atoms with Crippen molar-refractivity contribution in [2.24, 2.45) is 0 Å². The standard InChI is InChI=1S/C16H16O8/c1-3-22-12(17)9-10-13(18)24-14(15(19)21-2)16(20)23-11-7-5-4-6-8-11/h4-10,14H,3H2,1-2H3/b10-9+. The molecule has 8 nitrogen and oxygen atoms in total. The molecule has 24 heavy (non-hydrogen) atoms. The van der Waals surface area contributed by atoms with Gasteiger partial charge in [0, 0.05) is 12.2 Å². The Morgan fingerprint density at radius 2 is 1.62 bits per heavy atom. The fourth-order valence-electron chi connectivity index (χ4n) is 1.44. The fraction of sp³-hybridized carbons (Fsp3) is 0.250. The van der Waals surface area contributed by atoms with E-state index >= 15 is 0 Å². The van der Waals surface area contributed by atoms with E-state index in [1.54, 1.807) is 25.1 Å². The molecule has 0 saturated heterocycles. The van der Waals surface area contributed by atoms with E-state index in [2.05, 4.69) is 14.2 Å². The highest BCUT2D eigenvalue weighted by Gasteiger charge is 2.33. The smallest absolute Gasteiger partial charge is 0.364 e. The second-order valence-electron chi connectivity index (χ2n) is 4.16. The lowest BCUT2D eigenvalue weighted by Gasteiger charge is -2.13. The largest absolute Gasteiger partial charge is 0.466 e. The van der Waals surface area contributed by atoms with Gasteiger partial charge in [-0.25, -0.2) is 19.2 Å². The first-order valence-corrected chi connectivity index (χ1v) is 6.88. The molecule has 0 bridgehead atoms. The summed E-state index contributed by atoms with van der Waals surface area (Å²) in [5.74, 6) is -3.96. The summed E-state index contributed by atoms with van der Waals surface area (Å²) in [5.41, 5.74) is 0. The lowest BCUT2D eigenvalue weighted by atomic mass is 10.3. The zero-order valence-corrected chi connectivity index (χ0v) is 13.1. The molecule has 8 heteroatoms. The van der Waals surface area contributed by atoms with Crippen molar-refractivity contribution in [3.63, 3.8) is 0 Å². The molecule has 0 saturated carbocycles. The number of carbonyl (C=O) groups excluding carboxylic acids is 4. The van der Waals surface area contributed by atoms with Gasteiger partial charge >= 0.3 is 23.9 Å². The highest BCUT2D eigenvalue weighted by atomic mass is 16.6. The predicted molar refractivity (Wildman–Crippen MR) is 79.7 cm³/mol. The Hall–Kier alpha value is -3.16. The van der Waals surface area contributed by atoms with Crippen LogP contribution in [0, 0.1) is 0 Å². The van der Waals surface area contributed by atoms with Crippen molar-refractivity contribution in [3.8, 4) is 5.75 Å². The number of carbonyl (C=O) groups is 4. The van der Waals surface area contributed by atoms with Crippen molar-refractivity contribution in [2.75, 3.05) is 13.7 Å². The summed E-state index contributed by atoms with van der Waals surface area (Å²) in [6.07, 6.45) is -0.388. The summed E-state index contributed by atoms with van der Waals surface area (Å²) >= 11 is 0. The third-order valence-corrected chi connectivity index (χ3v) is 2.47. The zero-order valence-electron chi connectivity index (χ0n) is 13.1. The number of hydrogen-bond donors (Lipinski definition) is 0. The molecular formula is C16H16O8. The number of esters is 4. The molecule has 0 aromatic heterocycles. The second-order valence-corrected chi connectivity index (χ2v) is 4.16. The molecule has 1 rings (SSSR count). The third kappa shape index (κ3) is 6.30. The molecule has 0 aliphatic carbocycles. The van der Waals surface area contributed by atoms with Crippen LogP contribution in [0.15, 0.2) is 42.5 Å². The van der Waals surface area contributed by atoms with Gasteiger partial charge in [0.05, 0.1) is 13.7 Å². The van der Waals surface area contributed by atoms with Gasteiger partial charge in [0.15, 0.2) is 0 Å². The lowest BCUT2D eigenvalue weighted by Crippen LogP contribution is -2.38. The summed E-state index contributed by atoms with van der Waals surface area (Å²) < 4.78 is 18.6. The van der Waals surface area contributed by atoms with E-state index in [-0.39, 0.29) is 12.4 Å². The third-order valence-electron chi connectivity index (χ3n) is 2.47. The predicted octanol–water partition coefficient (Wildman–Crippen LogP) is 0.796. The van der Waals surface area contributed by atoms with Crippen LogP contribution < -0.4 is 4.74 Å².